The summed E-state index contributed by atoms with van der Waals surface area (Å²) in [6, 6.07) is 9.35. The molecule has 1 saturated carbocycles. The van der Waals surface area contributed by atoms with Crippen LogP contribution in [0.1, 0.15) is 31.2 Å². The molecule has 148 valence electrons. The van der Waals surface area contributed by atoms with Crippen LogP contribution in [0.5, 0.6) is 17.4 Å². The molecule has 0 atom stereocenters. The van der Waals surface area contributed by atoms with E-state index in [-0.39, 0.29) is 12.7 Å². The maximum Gasteiger partial charge on any atom is 0.235 e. The molecular formula is C21H24N2O5. The van der Waals surface area contributed by atoms with Gasteiger partial charge in [0.05, 0.1) is 23.9 Å². The largest absolute Gasteiger partial charge is 0.475 e. The Bertz CT molecular complexity index is 831. The van der Waals surface area contributed by atoms with Crippen molar-refractivity contribution in [3.8, 4) is 17.4 Å². The van der Waals surface area contributed by atoms with E-state index < -0.39 is 5.41 Å². The smallest absolute Gasteiger partial charge is 0.235 e. The van der Waals surface area contributed by atoms with Crippen molar-refractivity contribution >= 4 is 11.6 Å². The average Bonchev–Trinajstić information content (AvgIpc) is 3.39. The number of nitrogens with one attached hydrogen (secondary N) is 1. The van der Waals surface area contributed by atoms with Gasteiger partial charge in [-0.2, -0.15) is 0 Å². The van der Waals surface area contributed by atoms with Gasteiger partial charge in [0.2, 0.25) is 18.6 Å². The SMILES string of the molecule is COCCOc1ccc(NC(=O)C2(c3ccc4c(c3)OCO4)CCCC2)cn1. The number of anilines is 1. The van der Waals surface area contributed by atoms with E-state index in [0.29, 0.717) is 30.5 Å². The summed E-state index contributed by atoms with van der Waals surface area (Å²) in [5.74, 6) is 1.92. The number of aromatic nitrogens is 1. The molecule has 0 spiro atoms. The van der Waals surface area contributed by atoms with Crippen molar-refractivity contribution in [2.75, 3.05) is 32.4 Å². The fourth-order valence-electron chi connectivity index (χ4n) is 3.84. The Hall–Kier alpha value is -2.80. The standard InChI is InChI=1S/C21H24N2O5/c1-25-10-11-26-19-7-5-16(13-22-19)23-20(24)21(8-2-3-9-21)15-4-6-17-18(12-15)28-14-27-17/h4-7,12-13H,2-3,8-11,14H2,1H3,(H,23,24). The molecule has 1 aromatic heterocycles. The summed E-state index contributed by atoms with van der Waals surface area (Å²) in [6.07, 6.45) is 5.27. The number of ether oxygens (including phenoxy) is 4. The first-order chi connectivity index (χ1) is 13.7. The van der Waals surface area contributed by atoms with Gasteiger partial charge in [0.25, 0.3) is 0 Å². The molecule has 2 aromatic rings. The van der Waals surface area contributed by atoms with E-state index in [2.05, 4.69) is 10.3 Å². The van der Waals surface area contributed by atoms with Gasteiger partial charge in [-0.05, 0) is 36.6 Å². The summed E-state index contributed by atoms with van der Waals surface area (Å²) in [6.45, 7) is 1.16. The highest BCUT2D eigenvalue weighted by Gasteiger charge is 2.43. The monoisotopic (exact) mass is 384 g/mol. The highest BCUT2D eigenvalue weighted by atomic mass is 16.7. The Morgan fingerprint density at radius 2 is 1.96 bits per heavy atom. The van der Waals surface area contributed by atoms with Gasteiger partial charge in [-0.1, -0.05) is 18.9 Å². The van der Waals surface area contributed by atoms with Crippen LogP contribution in [-0.2, 0) is 14.9 Å². The third kappa shape index (κ3) is 3.62. The number of rotatable bonds is 7. The zero-order chi connectivity index (χ0) is 19.4. The Morgan fingerprint density at radius 3 is 2.71 bits per heavy atom. The van der Waals surface area contributed by atoms with Gasteiger partial charge in [0.15, 0.2) is 11.5 Å². The lowest BCUT2D eigenvalue weighted by Crippen LogP contribution is -2.38. The second-order valence-electron chi connectivity index (χ2n) is 7.04. The summed E-state index contributed by atoms with van der Waals surface area (Å²) in [5, 5.41) is 3.03. The van der Waals surface area contributed by atoms with E-state index in [1.165, 1.54) is 0 Å². The number of benzene rings is 1. The lowest BCUT2D eigenvalue weighted by atomic mass is 9.77. The first kappa shape index (κ1) is 18.6. The average molecular weight is 384 g/mol. The van der Waals surface area contributed by atoms with Crippen LogP contribution in [0.2, 0.25) is 0 Å². The number of pyridine rings is 1. The van der Waals surface area contributed by atoms with Crippen LogP contribution in [0.4, 0.5) is 5.69 Å². The molecule has 0 unspecified atom stereocenters. The Balaban J connectivity index is 1.50. The molecule has 1 aromatic carbocycles. The van der Waals surface area contributed by atoms with Gasteiger partial charge in [-0.3, -0.25) is 4.79 Å². The number of hydrogen-bond donors (Lipinski definition) is 1. The first-order valence-electron chi connectivity index (χ1n) is 9.51. The van der Waals surface area contributed by atoms with Crippen LogP contribution in [-0.4, -0.2) is 38.0 Å². The lowest BCUT2D eigenvalue weighted by Gasteiger charge is -2.28. The molecule has 4 rings (SSSR count). The second kappa shape index (κ2) is 8.06. The van der Waals surface area contributed by atoms with Crippen molar-refractivity contribution in [2.45, 2.75) is 31.1 Å². The number of hydrogen-bond acceptors (Lipinski definition) is 6. The molecule has 7 nitrogen and oxygen atoms in total. The lowest BCUT2D eigenvalue weighted by molar-refractivity contribution is -0.121. The van der Waals surface area contributed by atoms with Gasteiger partial charge in [0, 0.05) is 13.2 Å². The highest BCUT2D eigenvalue weighted by molar-refractivity contribution is 5.99. The number of carbonyl (C=O) groups excluding carboxylic acids is 1. The quantitative estimate of drug-likeness (QED) is 0.738. The van der Waals surface area contributed by atoms with Crippen molar-refractivity contribution in [1.82, 2.24) is 4.98 Å². The van der Waals surface area contributed by atoms with E-state index >= 15 is 0 Å². The van der Waals surface area contributed by atoms with E-state index in [1.807, 2.05) is 18.2 Å². The number of carbonyl (C=O) groups is 1. The molecule has 2 heterocycles. The van der Waals surface area contributed by atoms with Crippen LogP contribution >= 0.6 is 0 Å². The molecular weight excluding hydrogens is 360 g/mol. The summed E-state index contributed by atoms with van der Waals surface area (Å²) >= 11 is 0. The van der Waals surface area contributed by atoms with Crippen molar-refractivity contribution in [3.63, 3.8) is 0 Å². The Morgan fingerprint density at radius 1 is 1.14 bits per heavy atom. The van der Waals surface area contributed by atoms with E-state index in [9.17, 15) is 4.79 Å². The van der Waals surface area contributed by atoms with E-state index in [4.69, 9.17) is 18.9 Å². The molecule has 1 fully saturated rings. The number of fused-ring (bicyclic) bond motifs is 1. The molecule has 1 N–H and O–H groups in total. The number of amides is 1. The van der Waals surface area contributed by atoms with Crippen LogP contribution in [0.15, 0.2) is 36.5 Å². The van der Waals surface area contributed by atoms with Crippen LogP contribution in [0.3, 0.4) is 0 Å². The molecule has 0 saturated heterocycles. The summed E-state index contributed by atoms with van der Waals surface area (Å²) in [4.78, 5) is 17.5. The Kier molecular flexibility index (Phi) is 5.34. The predicted octanol–water partition coefficient (Wildman–Crippen LogP) is 3.29. The topological polar surface area (TPSA) is 78.9 Å². The van der Waals surface area contributed by atoms with Crippen molar-refractivity contribution in [2.24, 2.45) is 0 Å². The predicted molar refractivity (Wildman–Crippen MR) is 103 cm³/mol. The summed E-state index contributed by atoms with van der Waals surface area (Å²) in [5.41, 5.74) is 1.06. The minimum atomic E-state index is -0.561. The molecule has 1 aliphatic carbocycles. The van der Waals surface area contributed by atoms with Crippen molar-refractivity contribution in [1.29, 1.82) is 0 Å². The van der Waals surface area contributed by atoms with Crippen LogP contribution < -0.4 is 19.5 Å². The fourth-order valence-corrected chi connectivity index (χ4v) is 3.84. The normalized spacial score (nSPS) is 16.8. The zero-order valence-corrected chi connectivity index (χ0v) is 15.9. The van der Waals surface area contributed by atoms with Gasteiger partial charge in [-0.25, -0.2) is 4.98 Å². The Labute approximate surface area is 164 Å². The van der Waals surface area contributed by atoms with Crippen LogP contribution in [0.25, 0.3) is 0 Å². The molecule has 0 bridgehead atoms. The first-order valence-corrected chi connectivity index (χ1v) is 9.51. The molecule has 1 aliphatic heterocycles. The van der Waals surface area contributed by atoms with Crippen molar-refractivity contribution < 1.29 is 23.7 Å². The van der Waals surface area contributed by atoms with Gasteiger partial charge in [0.1, 0.15) is 6.61 Å². The van der Waals surface area contributed by atoms with Gasteiger partial charge in [-0.15, -0.1) is 0 Å². The summed E-state index contributed by atoms with van der Waals surface area (Å²) in [7, 11) is 1.62. The number of nitrogens with zero attached hydrogens (tertiary/aromatic N) is 1. The molecule has 1 amide bonds. The molecule has 2 aliphatic rings. The van der Waals surface area contributed by atoms with E-state index in [1.54, 1.807) is 25.4 Å². The number of methoxy groups -OCH3 is 1. The summed E-state index contributed by atoms with van der Waals surface area (Å²) < 4.78 is 21.3. The maximum atomic E-state index is 13.3. The molecule has 0 radical (unpaired) electrons. The maximum absolute atomic E-state index is 13.3. The van der Waals surface area contributed by atoms with Crippen LogP contribution in [0, 0.1) is 0 Å². The molecule has 28 heavy (non-hydrogen) atoms. The highest BCUT2D eigenvalue weighted by Crippen LogP contribution is 2.45. The zero-order valence-electron chi connectivity index (χ0n) is 15.9. The van der Waals surface area contributed by atoms with E-state index in [0.717, 1.165) is 37.0 Å². The van der Waals surface area contributed by atoms with Gasteiger partial charge >= 0.3 is 0 Å². The third-order valence-electron chi connectivity index (χ3n) is 5.35. The minimum Gasteiger partial charge on any atom is -0.475 e. The molecule has 7 heteroatoms. The van der Waals surface area contributed by atoms with Gasteiger partial charge < -0.3 is 24.3 Å². The fraction of sp³-hybridized carbons (Fsp3) is 0.429. The van der Waals surface area contributed by atoms with Crippen molar-refractivity contribution in [3.05, 3.63) is 42.1 Å². The third-order valence-corrected chi connectivity index (χ3v) is 5.35. The minimum absolute atomic E-state index is 0.0151. The second-order valence-corrected chi connectivity index (χ2v) is 7.04.